The number of aliphatic hydroxyl groups is 1. The number of hydrogen-bond acceptors (Lipinski definition) is 4. The van der Waals surface area contributed by atoms with Crippen molar-refractivity contribution in [2.45, 2.75) is 19.1 Å². The lowest BCUT2D eigenvalue weighted by atomic mass is 10.2. The molecule has 0 saturated carbocycles. The summed E-state index contributed by atoms with van der Waals surface area (Å²) in [6, 6.07) is 5.94. The van der Waals surface area contributed by atoms with Gasteiger partial charge in [-0.1, -0.05) is 6.07 Å². The average molecular weight is 237 g/mol. The monoisotopic (exact) mass is 237 g/mol. The second-order valence-electron chi connectivity index (χ2n) is 4.37. The van der Waals surface area contributed by atoms with Gasteiger partial charge in [-0.25, -0.2) is 0 Å². The summed E-state index contributed by atoms with van der Waals surface area (Å²) in [6.45, 7) is 2.56. The fraction of sp³-hybridized carbons (Fsp3) is 0.538. The number of aliphatic hydroxyl groups excluding tert-OH is 1. The van der Waals surface area contributed by atoms with Gasteiger partial charge in [-0.05, 0) is 24.1 Å². The van der Waals surface area contributed by atoms with Gasteiger partial charge in [0.1, 0.15) is 0 Å². The van der Waals surface area contributed by atoms with E-state index in [9.17, 15) is 5.11 Å². The molecule has 1 saturated heterocycles. The fourth-order valence-corrected chi connectivity index (χ4v) is 2.19. The van der Waals surface area contributed by atoms with Gasteiger partial charge in [0.2, 0.25) is 0 Å². The van der Waals surface area contributed by atoms with Gasteiger partial charge >= 0.3 is 0 Å². The van der Waals surface area contributed by atoms with Crippen LogP contribution in [0.5, 0.6) is 11.5 Å². The Hall–Kier alpha value is -1.26. The maximum atomic E-state index is 9.47. The molecule has 17 heavy (non-hydrogen) atoms. The molecule has 1 aliphatic rings. The molecule has 0 unspecified atom stereocenters. The Morgan fingerprint density at radius 3 is 2.65 bits per heavy atom. The maximum absolute atomic E-state index is 9.47. The van der Waals surface area contributed by atoms with E-state index in [4.69, 9.17) is 9.47 Å². The van der Waals surface area contributed by atoms with E-state index < -0.39 is 0 Å². The molecule has 1 fully saturated rings. The normalized spacial score (nSPS) is 20.5. The predicted octanol–water partition coefficient (Wildman–Crippen LogP) is 1.27. The van der Waals surface area contributed by atoms with E-state index in [1.165, 1.54) is 5.56 Å². The molecule has 1 atom stereocenters. The standard InChI is InChI=1S/C13H19NO3/c1-16-12-4-3-10(7-13(12)17-2)8-14-6-5-11(15)9-14/h3-4,7,11,15H,5-6,8-9H2,1-2H3/t11-/m1/s1. The zero-order chi connectivity index (χ0) is 12.3. The topological polar surface area (TPSA) is 41.9 Å². The van der Waals surface area contributed by atoms with E-state index in [-0.39, 0.29) is 6.10 Å². The van der Waals surface area contributed by atoms with Crippen molar-refractivity contribution in [1.82, 2.24) is 4.90 Å². The maximum Gasteiger partial charge on any atom is 0.161 e. The van der Waals surface area contributed by atoms with Crippen molar-refractivity contribution in [3.05, 3.63) is 23.8 Å². The largest absolute Gasteiger partial charge is 0.493 e. The molecule has 1 aromatic rings. The molecule has 1 heterocycles. The van der Waals surface area contributed by atoms with Crippen LogP contribution >= 0.6 is 0 Å². The van der Waals surface area contributed by atoms with Crippen LogP contribution in [0.25, 0.3) is 0 Å². The number of nitrogens with zero attached hydrogens (tertiary/aromatic N) is 1. The molecule has 0 amide bonds. The average Bonchev–Trinajstić information content (AvgIpc) is 2.74. The number of rotatable bonds is 4. The van der Waals surface area contributed by atoms with E-state index in [1.54, 1.807) is 14.2 Å². The SMILES string of the molecule is COc1ccc(CN2CC[C@@H](O)C2)cc1OC. The number of methoxy groups -OCH3 is 2. The van der Waals surface area contributed by atoms with Crippen LogP contribution < -0.4 is 9.47 Å². The van der Waals surface area contributed by atoms with Crippen LogP contribution in [-0.4, -0.2) is 43.4 Å². The van der Waals surface area contributed by atoms with E-state index in [0.717, 1.165) is 37.6 Å². The highest BCUT2D eigenvalue weighted by molar-refractivity contribution is 5.42. The first-order chi connectivity index (χ1) is 8.22. The predicted molar refractivity (Wildman–Crippen MR) is 65.4 cm³/mol. The number of benzene rings is 1. The Kier molecular flexibility index (Phi) is 3.86. The summed E-state index contributed by atoms with van der Waals surface area (Å²) in [7, 11) is 3.27. The summed E-state index contributed by atoms with van der Waals surface area (Å²) in [4.78, 5) is 2.24. The van der Waals surface area contributed by atoms with E-state index in [0.29, 0.717) is 0 Å². The van der Waals surface area contributed by atoms with Crippen molar-refractivity contribution in [2.75, 3.05) is 27.3 Å². The summed E-state index contributed by atoms with van der Waals surface area (Å²) in [6.07, 6.45) is 0.697. The van der Waals surface area contributed by atoms with Crippen LogP contribution in [0.15, 0.2) is 18.2 Å². The van der Waals surface area contributed by atoms with Crippen molar-refractivity contribution >= 4 is 0 Å². The number of β-amino-alcohol motifs (C(OH)–C–C–N with tert-alkyl or cyclic N) is 1. The summed E-state index contributed by atoms with van der Waals surface area (Å²) >= 11 is 0. The fourth-order valence-electron chi connectivity index (χ4n) is 2.19. The molecule has 4 nitrogen and oxygen atoms in total. The van der Waals surface area contributed by atoms with Crippen LogP contribution in [-0.2, 0) is 6.54 Å². The van der Waals surface area contributed by atoms with Gasteiger partial charge in [0.05, 0.1) is 20.3 Å². The zero-order valence-electron chi connectivity index (χ0n) is 10.3. The van der Waals surface area contributed by atoms with Gasteiger partial charge in [0, 0.05) is 19.6 Å². The molecule has 1 aliphatic heterocycles. The summed E-state index contributed by atoms with van der Waals surface area (Å²) in [5.74, 6) is 1.50. The van der Waals surface area contributed by atoms with Crippen molar-refractivity contribution in [1.29, 1.82) is 0 Å². The van der Waals surface area contributed by atoms with Crippen LogP contribution in [0, 0.1) is 0 Å². The Bertz CT molecular complexity index is 381. The third-order valence-corrected chi connectivity index (χ3v) is 3.10. The van der Waals surface area contributed by atoms with Gasteiger partial charge in [0.25, 0.3) is 0 Å². The minimum Gasteiger partial charge on any atom is -0.493 e. The van der Waals surface area contributed by atoms with Gasteiger partial charge < -0.3 is 14.6 Å². The van der Waals surface area contributed by atoms with Crippen LogP contribution in [0.2, 0.25) is 0 Å². The van der Waals surface area contributed by atoms with Crippen molar-refractivity contribution < 1.29 is 14.6 Å². The minimum atomic E-state index is -0.171. The Morgan fingerprint density at radius 2 is 2.06 bits per heavy atom. The van der Waals surface area contributed by atoms with Crippen LogP contribution in [0.1, 0.15) is 12.0 Å². The van der Waals surface area contributed by atoms with Gasteiger partial charge in [-0.3, -0.25) is 4.90 Å². The van der Waals surface area contributed by atoms with Crippen molar-refractivity contribution in [3.63, 3.8) is 0 Å². The third kappa shape index (κ3) is 2.90. The Labute approximate surface area is 102 Å². The number of likely N-dealkylation sites (tertiary alicyclic amines) is 1. The molecule has 1 aromatic carbocycles. The summed E-state index contributed by atoms with van der Waals surface area (Å²) < 4.78 is 10.5. The van der Waals surface area contributed by atoms with Crippen LogP contribution in [0.3, 0.4) is 0 Å². The lowest BCUT2D eigenvalue weighted by Crippen LogP contribution is -2.21. The Morgan fingerprint density at radius 1 is 1.29 bits per heavy atom. The zero-order valence-corrected chi connectivity index (χ0v) is 10.3. The third-order valence-electron chi connectivity index (χ3n) is 3.10. The smallest absolute Gasteiger partial charge is 0.161 e. The van der Waals surface area contributed by atoms with Gasteiger partial charge in [0.15, 0.2) is 11.5 Å². The van der Waals surface area contributed by atoms with Crippen LogP contribution in [0.4, 0.5) is 0 Å². The molecule has 0 radical (unpaired) electrons. The molecule has 94 valence electrons. The lowest BCUT2D eigenvalue weighted by Gasteiger charge is -2.16. The molecule has 1 N–H and O–H groups in total. The number of ether oxygens (including phenoxy) is 2. The second-order valence-corrected chi connectivity index (χ2v) is 4.37. The second kappa shape index (κ2) is 5.38. The highest BCUT2D eigenvalue weighted by atomic mass is 16.5. The molecule has 2 rings (SSSR count). The Balaban J connectivity index is 2.06. The lowest BCUT2D eigenvalue weighted by molar-refractivity contribution is 0.174. The van der Waals surface area contributed by atoms with E-state index in [2.05, 4.69) is 4.90 Å². The number of hydrogen-bond donors (Lipinski definition) is 1. The molecule has 0 aromatic heterocycles. The molecule has 0 aliphatic carbocycles. The van der Waals surface area contributed by atoms with Gasteiger partial charge in [-0.2, -0.15) is 0 Å². The summed E-state index contributed by atoms with van der Waals surface area (Å²) in [5, 5.41) is 9.47. The quantitative estimate of drug-likeness (QED) is 0.856. The minimum absolute atomic E-state index is 0.171. The highest BCUT2D eigenvalue weighted by Gasteiger charge is 2.20. The molecule has 4 heteroatoms. The molecule has 0 spiro atoms. The van der Waals surface area contributed by atoms with Crippen molar-refractivity contribution in [3.8, 4) is 11.5 Å². The first-order valence-corrected chi connectivity index (χ1v) is 5.84. The van der Waals surface area contributed by atoms with Crippen molar-refractivity contribution in [2.24, 2.45) is 0 Å². The first-order valence-electron chi connectivity index (χ1n) is 5.84. The first kappa shape index (κ1) is 12.2. The van der Waals surface area contributed by atoms with E-state index >= 15 is 0 Å². The summed E-state index contributed by atoms with van der Waals surface area (Å²) in [5.41, 5.74) is 1.18. The van der Waals surface area contributed by atoms with E-state index in [1.807, 2.05) is 18.2 Å². The molecular weight excluding hydrogens is 218 g/mol. The molecule has 0 bridgehead atoms. The highest BCUT2D eigenvalue weighted by Crippen LogP contribution is 2.28. The van der Waals surface area contributed by atoms with Gasteiger partial charge in [-0.15, -0.1) is 0 Å². The molecular formula is C13H19NO3.